The molecule has 0 aromatic carbocycles. The highest BCUT2D eigenvalue weighted by Gasteiger charge is 2.25. The van der Waals surface area contributed by atoms with Gasteiger partial charge in [0.1, 0.15) is 6.42 Å². The molecule has 1 unspecified atom stereocenters. The highest BCUT2D eigenvalue weighted by atomic mass is 32.2. The number of hydrogen-bond donors (Lipinski definition) is 1. The first kappa shape index (κ1) is 11.4. The molecule has 0 spiro atoms. The van der Waals surface area contributed by atoms with Gasteiger partial charge in [-0.15, -0.1) is 0 Å². The monoisotopic (exact) mass is 243 g/mol. The summed E-state index contributed by atoms with van der Waals surface area (Å²) in [6.07, 6.45) is -0.212. The first-order valence-electron chi connectivity index (χ1n) is 4.99. The van der Waals surface area contributed by atoms with E-state index in [9.17, 15) is 4.79 Å². The van der Waals surface area contributed by atoms with Gasteiger partial charge in [0.05, 0.1) is 6.04 Å². The zero-order valence-corrected chi connectivity index (χ0v) is 9.74. The molecular formula is C9H13N3O3S. The first-order valence-corrected chi connectivity index (χ1v) is 6.14. The van der Waals surface area contributed by atoms with E-state index in [1.54, 1.807) is 0 Å². The molecule has 16 heavy (non-hydrogen) atoms. The standard InChI is InChI=1S/C9H13N3O3S/c1-12-2-3-16-5-6(12)9-10-7(15-11-9)4-8(13)14/h6H,2-5H2,1H3,(H,13,14). The molecule has 1 aliphatic rings. The third kappa shape index (κ3) is 2.53. The molecule has 1 atom stereocenters. The van der Waals surface area contributed by atoms with Gasteiger partial charge in [-0.1, -0.05) is 5.16 Å². The number of carboxylic acids is 1. The molecular weight excluding hydrogens is 230 g/mol. The van der Waals surface area contributed by atoms with Gasteiger partial charge >= 0.3 is 5.97 Å². The summed E-state index contributed by atoms with van der Waals surface area (Å²) in [4.78, 5) is 16.7. The zero-order valence-electron chi connectivity index (χ0n) is 8.92. The van der Waals surface area contributed by atoms with Crippen LogP contribution in [0.1, 0.15) is 17.8 Å². The lowest BCUT2D eigenvalue weighted by atomic mass is 10.3. The van der Waals surface area contributed by atoms with Crippen molar-refractivity contribution < 1.29 is 14.4 Å². The average Bonchev–Trinajstić information content (AvgIpc) is 2.66. The van der Waals surface area contributed by atoms with E-state index < -0.39 is 5.97 Å². The molecule has 1 aromatic heterocycles. The molecule has 1 fully saturated rings. The van der Waals surface area contributed by atoms with Crippen LogP contribution in [0, 0.1) is 0 Å². The number of rotatable bonds is 3. The van der Waals surface area contributed by atoms with Crippen LogP contribution in [0.5, 0.6) is 0 Å². The maximum atomic E-state index is 10.5. The van der Waals surface area contributed by atoms with Gasteiger partial charge in [0.2, 0.25) is 5.89 Å². The number of thioether (sulfide) groups is 1. The highest BCUT2D eigenvalue weighted by molar-refractivity contribution is 7.99. The minimum atomic E-state index is -0.957. The Hall–Kier alpha value is -1.08. The number of aliphatic carboxylic acids is 1. The van der Waals surface area contributed by atoms with Crippen molar-refractivity contribution in [2.24, 2.45) is 0 Å². The van der Waals surface area contributed by atoms with Crippen LogP contribution in [-0.4, -0.2) is 51.2 Å². The van der Waals surface area contributed by atoms with E-state index in [0.717, 1.165) is 18.1 Å². The predicted octanol–water partition coefficient (Wildman–Crippen LogP) is 0.416. The lowest BCUT2D eigenvalue weighted by Crippen LogP contribution is -2.33. The Morgan fingerprint density at radius 2 is 2.56 bits per heavy atom. The van der Waals surface area contributed by atoms with Gasteiger partial charge in [-0.05, 0) is 7.05 Å². The second-order valence-corrected chi connectivity index (χ2v) is 4.84. The quantitative estimate of drug-likeness (QED) is 0.823. The van der Waals surface area contributed by atoms with E-state index >= 15 is 0 Å². The summed E-state index contributed by atoms with van der Waals surface area (Å²) >= 11 is 1.85. The van der Waals surface area contributed by atoms with Crippen molar-refractivity contribution in [2.45, 2.75) is 12.5 Å². The molecule has 1 N–H and O–H groups in total. The summed E-state index contributed by atoms with van der Waals surface area (Å²) in [6.45, 7) is 0.984. The van der Waals surface area contributed by atoms with E-state index in [-0.39, 0.29) is 18.4 Å². The number of aromatic nitrogens is 2. The van der Waals surface area contributed by atoms with Gasteiger partial charge < -0.3 is 9.63 Å². The van der Waals surface area contributed by atoms with Crippen molar-refractivity contribution in [3.05, 3.63) is 11.7 Å². The Kier molecular flexibility index (Phi) is 3.45. The first-order chi connectivity index (χ1) is 7.66. The minimum absolute atomic E-state index is 0.130. The molecule has 88 valence electrons. The average molecular weight is 243 g/mol. The minimum Gasteiger partial charge on any atom is -0.481 e. The molecule has 6 nitrogen and oxygen atoms in total. The fraction of sp³-hybridized carbons (Fsp3) is 0.667. The van der Waals surface area contributed by atoms with Crippen molar-refractivity contribution in [3.8, 4) is 0 Å². The van der Waals surface area contributed by atoms with E-state index in [2.05, 4.69) is 15.0 Å². The van der Waals surface area contributed by atoms with Crippen LogP contribution >= 0.6 is 11.8 Å². The largest absolute Gasteiger partial charge is 0.481 e. The molecule has 2 rings (SSSR count). The van der Waals surface area contributed by atoms with Crippen molar-refractivity contribution in [1.82, 2.24) is 15.0 Å². The van der Waals surface area contributed by atoms with Crippen molar-refractivity contribution in [1.29, 1.82) is 0 Å². The second kappa shape index (κ2) is 4.84. The summed E-state index contributed by atoms with van der Waals surface area (Å²) in [5.41, 5.74) is 0. The molecule has 2 heterocycles. The molecule has 0 aliphatic carbocycles. The molecule has 1 saturated heterocycles. The summed E-state index contributed by atoms with van der Waals surface area (Å²) in [7, 11) is 2.01. The molecule has 0 amide bonds. The van der Waals surface area contributed by atoms with Gasteiger partial charge in [0.15, 0.2) is 5.82 Å². The lowest BCUT2D eigenvalue weighted by molar-refractivity contribution is -0.136. The summed E-state index contributed by atoms with van der Waals surface area (Å²) in [5.74, 6) is 1.83. The van der Waals surface area contributed by atoms with E-state index in [1.807, 2.05) is 18.8 Å². The van der Waals surface area contributed by atoms with Crippen LogP contribution in [0.3, 0.4) is 0 Å². The number of hydrogen-bond acceptors (Lipinski definition) is 6. The van der Waals surface area contributed by atoms with Gasteiger partial charge in [-0.2, -0.15) is 16.7 Å². The summed E-state index contributed by atoms with van der Waals surface area (Å²) < 4.78 is 4.90. The lowest BCUT2D eigenvalue weighted by Gasteiger charge is -2.29. The Balaban J connectivity index is 2.08. The highest BCUT2D eigenvalue weighted by Crippen LogP contribution is 2.26. The second-order valence-electron chi connectivity index (χ2n) is 3.69. The van der Waals surface area contributed by atoms with Crippen molar-refractivity contribution in [2.75, 3.05) is 25.1 Å². The fourth-order valence-electron chi connectivity index (χ4n) is 1.56. The number of carbonyl (C=O) groups is 1. The third-order valence-corrected chi connectivity index (χ3v) is 3.50. The van der Waals surface area contributed by atoms with E-state index in [0.29, 0.717) is 5.82 Å². The van der Waals surface area contributed by atoms with E-state index in [1.165, 1.54) is 0 Å². The third-order valence-electron chi connectivity index (χ3n) is 2.48. The van der Waals surface area contributed by atoms with Gasteiger partial charge in [0.25, 0.3) is 0 Å². The Morgan fingerprint density at radius 1 is 1.75 bits per heavy atom. The molecule has 1 aromatic rings. The SMILES string of the molecule is CN1CCSCC1c1noc(CC(=O)O)n1. The van der Waals surface area contributed by atoms with Crippen LogP contribution in [0.25, 0.3) is 0 Å². The smallest absolute Gasteiger partial charge is 0.312 e. The summed E-state index contributed by atoms with van der Waals surface area (Å²) in [6, 6.07) is 0.130. The maximum absolute atomic E-state index is 10.5. The molecule has 7 heteroatoms. The maximum Gasteiger partial charge on any atom is 0.312 e. The zero-order chi connectivity index (χ0) is 11.5. The Morgan fingerprint density at radius 3 is 3.25 bits per heavy atom. The van der Waals surface area contributed by atoms with Crippen molar-refractivity contribution >= 4 is 17.7 Å². The van der Waals surface area contributed by atoms with Crippen LogP contribution < -0.4 is 0 Å². The number of nitrogens with zero attached hydrogens (tertiary/aromatic N) is 3. The van der Waals surface area contributed by atoms with Gasteiger partial charge in [-0.25, -0.2) is 0 Å². The Labute approximate surface area is 97.0 Å². The van der Waals surface area contributed by atoms with E-state index in [4.69, 9.17) is 9.63 Å². The topological polar surface area (TPSA) is 79.5 Å². The number of carboxylic acid groups (broad SMARTS) is 1. The fourth-order valence-corrected chi connectivity index (χ4v) is 2.77. The van der Waals surface area contributed by atoms with Crippen molar-refractivity contribution in [3.63, 3.8) is 0 Å². The van der Waals surface area contributed by atoms with Crippen LogP contribution in [0.4, 0.5) is 0 Å². The predicted molar refractivity (Wildman–Crippen MR) is 58.3 cm³/mol. The van der Waals surface area contributed by atoms with Gasteiger partial charge in [0, 0.05) is 18.1 Å². The van der Waals surface area contributed by atoms with Crippen LogP contribution in [0.15, 0.2) is 4.52 Å². The molecule has 1 aliphatic heterocycles. The Bertz CT molecular complexity index is 382. The normalized spacial score (nSPS) is 22.2. The van der Waals surface area contributed by atoms with Crippen LogP contribution in [-0.2, 0) is 11.2 Å². The van der Waals surface area contributed by atoms with Gasteiger partial charge in [-0.3, -0.25) is 9.69 Å². The van der Waals surface area contributed by atoms with Crippen LogP contribution in [0.2, 0.25) is 0 Å². The molecule has 0 bridgehead atoms. The molecule has 0 saturated carbocycles. The summed E-state index contributed by atoms with van der Waals surface area (Å²) in [5, 5.41) is 12.4. The molecule has 0 radical (unpaired) electrons.